The average Bonchev–Trinajstić information content (AvgIpc) is 2.76. The van der Waals surface area contributed by atoms with Crippen molar-refractivity contribution in [2.75, 3.05) is 6.54 Å². The number of nitrogens with one attached hydrogen (secondary N) is 1. The predicted octanol–water partition coefficient (Wildman–Crippen LogP) is 2.34. The molecule has 3 rings (SSSR count). The van der Waals surface area contributed by atoms with Crippen LogP contribution >= 0.6 is 15.9 Å². The van der Waals surface area contributed by atoms with E-state index in [0.717, 1.165) is 30.5 Å². The van der Waals surface area contributed by atoms with Crippen molar-refractivity contribution < 1.29 is 0 Å². The van der Waals surface area contributed by atoms with E-state index >= 15 is 0 Å². The average molecular weight is 292 g/mol. The molecule has 2 aromatic rings. The van der Waals surface area contributed by atoms with Crippen LogP contribution in [-0.4, -0.2) is 16.1 Å². The lowest BCUT2D eigenvalue weighted by Gasteiger charge is -2.15. The normalized spacial score (nSPS) is 14.6. The van der Waals surface area contributed by atoms with Gasteiger partial charge in [-0.3, -0.25) is 0 Å². The first-order chi connectivity index (χ1) is 8.34. The van der Waals surface area contributed by atoms with Crippen LogP contribution in [0.1, 0.15) is 17.0 Å². The van der Waals surface area contributed by atoms with Crippen LogP contribution in [0, 0.1) is 0 Å². The lowest BCUT2D eigenvalue weighted by atomic mass is 10.1. The molecule has 3 nitrogen and oxygen atoms in total. The van der Waals surface area contributed by atoms with Crippen molar-refractivity contribution >= 4 is 15.9 Å². The largest absolute Gasteiger partial charge is 0.330 e. The smallest absolute Gasteiger partial charge is 0.0955 e. The third kappa shape index (κ3) is 2.15. The Labute approximate surface area is 109 Å². The molecule has 0 spiro atoms. The zero-order chi connectivity index (χ0) is 11.7. The van der Waals surface area contributed by atoms with Crippen LogP contribution in [0.5, 0.6) is 0 Å². The monoisotopic (exact) mass is 291 g/mol. The van der Waals surface area contributed by atoms with E-state index in [9.17, 15) is 0 Å². The molecule has 0 radical (unpaired) electrons. The number of rotatable bonds is 2. The summed E-state index contributed by atoms with van der Waals surface area (Å²) in [6, 6.07) is 8.35. The Morgan fingerprint density at radius 3 is 3.12 bits per heavy atom. The topological polar surface area (TPSA) is 29.9 Å². The number of fused-ring (bicyclic) bond motifs is 1. The molecular weight excluding hydrogens is 278 g/mol. The third-order valence-electron chi connectivity index (χ3n) is 3.16. The molecule has 1 aromatic heterocycles. The van der Waals surface area contributed by atoms with Crippen LogP contribution in [0.4, 0.5) is 0 Å². The fourth-order valence-electron chi connectivity index (χ4n) is 2.24. The number of benzene rings is 1. The molecule has 0 amide bonds. The van der Waals surface area contributed by atoms with Crippen molar-refractivity contribution in [3.63, 3.8) is 0 Å². The Morgan fingerprint density at radius 1 is 1.35 bits per heavy atom. The molecule has 1 N–H and O–H groups in total. The molecule has 0 unspecified atom stereocenters. The van der Waals surface area contributed by atoms with E-state index < -0.39 is 0 Å². The van der Waals surface area contributed by atoms with Crippen molar-refractivity contribution in [2.45, 2.75) is 19.5 Å². The van der Waals surface area contributed by atoms with Crippen molar-refractivity contribution in [3.8, 4) is 0 Å². The molecule has 88 valence electrons. The first kappa shape index (κ1) is 11.0. The van der Waals surface area contributed by atoms with Gasteiger partial charge in [0.15, 0.2) is 0 Å². The van der Waals surface area contributed by atoms with Crippen LogP contribution in [0.25, 0.3) is 0 Å². The van der Waals surface area contributed by atoms with E-state index in [0.29, 0.717) is 0 Å². The molecular formula is C13H14BrN3. The molecule has 1 aromatic carbocycles. The standard InChI is InChI=1S/C13H14BrN3/c14-11-4-2-1-3-10(11)8-17-9-16-12-7-15-6-5-13(12)17/h1-4,9,15H,5-8H2. The molecule has 0 saturated heterocycles. The minimum Gasteiger partial charge on any atom is -0.330 e. The fraction of sp³-hybridized carbons (Fsp3) is 0.308. The summed E-state index contributed by atoms with van der Waals surface area (Å²) in [5.41, 5.74) is 3.87. The maximum absolute atomic E-state index is 4.47. The van der Waals surface area contributed by atoms with Gasteiger partial charge in [0.25, 0.3) is 0 Å². The molecule has 1 aliphatic rings. The molecule has 2 heterocycles. The van der Waals surface area contributed by atoms with Crippen LogP contribution in [0.3, 0.4) is 0 Å². The van der Waals surface area contributed by atoms with Crippen LogP contribution in [0.2, 0.25) is 0 Å². The second-order valence-corrected chi connectivity index (χ2v) is 5.14. The lowest BCUT2D eigenvalue weighted by Crippen LogP contribution is -2.25. The third-order valence-corrected chi connectivity index (χ3v) is 3.94. The van der Waals surface area contributed by atoms with Gasteiger partial charge in [-0.05, 0) is 11.6 Å². The number of hydrogen-bond donors (Lipinski definition) is 1. The van der Waals surface area contributed by atoms with E-state index in [1.54, 1.807) is 0 Å². The quantitative estimate of drug-likeness (QED) is 0.920. The van der Waals surface area contributed by atoms with E-state index in [2.05, 4.69) is 49.0 Å². The number of aromatic nitrogens is 2. The van der Waals surface area contributed by atoms with Gasteiger partial charge in [0.05, 0.1) is 12.0 Å². The molecule has 0 saturated carbocycles. The van der Waals surface area contributed by atoms with Crippen molar-refractivity contribution in [2.24, 2.45) is 0 Å². The van der Waals surface area contributed by atoms with E-state index in [1.807, 2.05) is 12.4 Å². The predicted molar refractivity (Wildman–Crippen MR) is 70.9 cm³/mol. The molecule has 0 atom stereocenters. The number of hydrogen-bond acceptors (Lipinski definition) is 2. The molecule has 4 heteroatoms. The van der Waals surface area contributed by atoms with Crippen molar-refractivity contribution in [1.82, 2.24) is 14.9 Å². The highest BCUT2D eigenvalue weighted by atomic mass is 79.9. The maximum Gasteiger partial charge on any atom is 0.0955 e. The second kappa shape index (κ2) is 4.63. The summed E-state index contributed by atoms with van der Waals surface area (Å²) in [7, 11) is 0. The Kier molecular flexibility index (Phi) is 2.99. The number of halogens is 1. The summed E-state index contributed by atoms with van der Waals surface area (Å²) in [6.07, 6.45) is 3.02. The summed E-state index contributed by atoms with van der Waals surface area (Å²) in [5, 5.41) is 3.34. The highest BCUT2D eigenvalue weighted by Gasteiger charge is 2.14. The van der Waals surface area contributed by atoms with E-state index in [4.69, 9.17) is 0 Å². The van der Waals surface area contributed by atoms with Gasteiger partial charge in [0.1, 0.15) is 0 Å². The van der Waals surface area contributed by atoms with E-state index in [-0.39, 0.29) is 0 Å². The van der Waals surface area contributed by atoms with Gasteiger partial charge >= 0.3 is 0 Å². The van der Waals surface area contributed by atoms with Gasteiger partial charge in [-0.25, -0.2) is 4.98 Å². The summed E-state index contributed by atoms with van der Waals surface area (Å²) in [6.45, 7) is 2.84. The van der Waals surface area contributed by atoms with Gasteiger partial charge in [0.2, 0.25) is 0 Å². The number of imidazole rings is 1. The van der Waals surface area contributed by atoms with Crippen molar-refractivity contribution in [1.29, 1.82) is 0 Å². The van der Waals surface area contributed by atoms with E-state index in [1.165, 1.54) is 17.0 Å². The second-order valence-electron chi connectivity index (χ2n) is 4.28. The van der Waals surface area contributed by atoms with Gasteiger partial charge < -0.3 is 9.88 Å². The summed E-state index contributed by atoms with van der Waals surface area (Å²) in [4.78, 5) is 4.47. The highest BCUT2D eigenvalue weighted by Crippen LogP contribution is 2.19. The maximum atomic E-state index is 4.47. The first-order valence-electron chi connectivity index (χ1n) is 5.81. The lowest BCUT2D eigenvalue weighted by molar-refractivity contribution is 0.602. The zero-order valence-electron chi connectivity index (χ0n) is 9.49. The van der Waals surface area contributed by atoms with Crippen LogP contribution in [-0.2, 0) is 19.5 Å². The molecule has 0 aliphatic carbocycles. The van der Waals surface area contributed by atoms with Crippen LogP contribution < -0.4 is 5.32 Å². The van der Waals surface area contributed by atoms with Crippen molar-refractivity contribution in [3.05, 3.63) is 52.0 Å². The Morgan fingerprint density at radius 2 is 2.24 bits per heavy atom. The van der Waals surface area contributed by atoms with Gasteiger partial charge in [0, 0.05) is 36.2 Å². The minimum atomic E-state index is 0.893. The molecule has 1 aliphatic heterocycles. The molecule has 0 bridgehead atoms. The van der Waals surface area contributed by atoms with Gasteiger partial charge in [-0.15, -0.1) is 0 Å². The van der Waals surface area contributed by atoms with Crippen LogP contribution in [0.15, 0.2) is 35.1 Å². The number of nitrogens with zero attached hydrogens (tertiary/aromatic N) is 2. The van der Waals surface area contributed by atoms with Gasteiger partial charge in [-0.1, -0.05) is 34.1 Å². The minimum absolute atomic E-state index is 0.893. The van der Waals surface area contributed by atoms with Gasteiger partial charge in [-0.2, -0.15) is 0 Å². The summed E-state index contributed by atoms with van der Waals surface area (Å²) < 4.78 is 3.42. The SMILES string of the molecule is Brc1ccccc1Cn1cnc2c1CCNC2. The zero-order valence-corrected chi connectivity index (χ0v) is 11.1. The molecule has 17 heavy (non-hydrogen) atoms. The summed E-state index contributed by atoms with van der Waals surface area (Å²) >= 11 is 3.59. The Balaban J connectivity index is 1.91. The Bertz CT molecular complexity index is 533. The fourth-order valence-corrected chi connectivity index (χ4v) is 2.66. The first-order valence-corrected chi connectivity index (χ1v) is 6.61. The highest BCUT2D eigenvalue weighted by molar-refractivity contribution is 9.10. The molecule has 0 fully saturated rings. The summed E-state index contributed by atoms with van der Waals surface area (Å²) in [5.74, 6) is 0. The Hall–Kier alpha value is -1.13.